The van der Waals surface area contributed by atoms with E-state index in [0.717, 1.165) is 23.6 Å². The van der Waals surface area contributed by atoms with Gasteiger partial charge in [-0.05, 0) is 17.7 Å². The highest BCUT2D eigenvalue weighted by Crippen LogP contribution is 2.14. The van der Waals surface area contributed by atoms with Gasteiger partial charge in [0.2, 0.25) is 11.8 Å². The van der Waals surface area contributed by atoms with Gasteiger partial charge in [0, 0.05) is 61.7 Å². The molecule has 2 saturated heterocycles. The predicted octanol–water partition coefficient (Wildman–Crippen LogP) is 1.65. The molecule has 1 aromatic rings. The highest BCUT2D eigenvalue weighted by atomic mass is 35.5. The highest BCUT2D eigenvalue weighted by molar-refractivity contribution is 7.99. The molecule has 2 amide bonds. The van der Waals surface area contributed by atoms with Crippen LogP contribution in [0.2, 0.25) is 5.02 Å². The van der Waals surface area contributed by atoms with Gasteiger partial charge < -0.3 is 15.1 Å². The summed E-state index contributed by atoms with van der Waals surface area (Å²) in [5.74, 6) is 2.44. The van der Waals surface area contributed by atoms with Gasteiger partial charge in [-0.3, -0.25) is 9.59 Å². The molecule has 5 nitrogen and oxygen atoms in total. The van der Waals surface area contributed by atoms with E-state index in [-0.39, 0.29) is 17.9 Å². The van der Waals surface area contributed by atoms with E-state index in [2.05, 4.69) is 5.32 Å². The third-order valence-corrected chi connectivity index (χ3v) is 6.06. The highest BCUT2D eigenvalue weighted by Gasteiger charge is 2.26. The molecule has 0 saturated carbocycles. The molecule has 0 bridgehead atoms. The molecule has 1 N–H and O–H groups in total. The normalized spacial score (nSPS) is 21.2. The van der Waals surface area contributed by atoms with Crippen LogP contribution in [0, 0.1) is 0 Å². The third kappa shape index (κ3) is 5.36. The lowest BCUT2D eigenvalue weighted by Crippen LogP contribution is -2.52. The van der Waals surface area contributed by atoms with Crippen LogP contribution in [0.4, 0.5) is 0 Å². The van der Waals surface area contributed by atoms with Gasteiger partial charge in [0.1, 0.15) is 0 Å². The van der Waals surface area contributed by atoms with E-state index in [1.54, 1.807) is 12.1 Å². The number of rotatable bonds is 4. The summed E-state index contributed by atoms with van der Waals surface area (Å²) in [5, 5.41) is 4.08. The van der Waals surface area contributed by atoms with Crippen LogP contribution in [0.1, 0.15) is 12.0 Å². The number of piperazine rings is 1. The van der Waals surface area contributed by atoms with E-state index >= 15 is 0 Å². The number of benzene rings is 1. The summed E-state index contributed by atoms with van der Waals surface area (Å²) in [6.45, 7) is 3.47. The van der Waals surface area contributed by atoms with Crippen molar-refractivity contribution in [3.63, 3.8) is 0 Å². The lowest BCUT2D eigenvalue weighted by molar-refractivity contribution is -0.139. The summed E-state index contributed by atoms with van der Waals surface area (Å²) < 4.78 is 0. The molecule has 136 valence electrons. The van der Waals surface area contributed by atoms with Crippen molar-refractivity contribution in [2.24, 2.45) is 0 Å². The molecule has 7 heteroatoms. The number of nitrogens with zero attached hydrogens (tertiary/aromatic N) is 2. The zero-order valence-electron chi connectivity index (χ0n) is 14.2. The summed E-state index contributed by atoms with van der Waals surface area (Å²) in [4.78, 5) is 28.6. The number of nitrogens with one attached hydrogen (secondary N) is 1. The van der Waals surface area contributed by atoms with E-state index in [0.29, 0.717) is 44.0 Å². The van der Waals surface area contributed by atoms with Crippen LogP contribution in [0.25, 0.3) is 0 Å². The molecule has 25 heavy (non-hydrogen) atoms. The first kappa shape index (κ1) is 18.5. The fourth-order valence-electron chi connectivity index (χ4n) is 3.18. The molecule has 3 rings (SSSR count). The van der Waals surface area contributed by atoms with E-state index < -0.39 is 0 Å². The molecule has 0 spiro atoms. The first-order chi connectivity index (χ1) is 12.1. The molecule has 2 heterocycles. The van der Waals surface area contributed by atoms with Crippen LogP contribution in [-0.4, -0.2) is 71.9 Å². The molecule has 0 aromatic heterocycles. The van der Waals surface area contributed by atoms with Gasteiger partial charge in [-0.1, -0.05) is 23.7 Å². The Morgan fingerprint density at radius 3 is 2.32 bits per heavy atom. The van der Waals surface area contributed by atoms with Gasteiger partial charge in [-0.25, -0.2) is 0 Å². The summed E-state index contributed by atoms with van der Waals surface area (Å²) in [5.41, 5.74) is 0.966. The Labute approximate surface area is 158 Å². The van der Waals surface area contributed by atoms with E-state index in [1.165, 1.54) is 0 Å². The molecular formula is C18H24ClN3O2S. The second-order valence-corrected chi connectivity index (χ2v) is 8.08. The third-order valence-electron chi connectivity index (χ3n) is 4.67. The van der Waals surface area contributed by atoms with E-state index in [1.807, 2.05) is 33.7 Å². The molecule has 1 unspecified atom stereocenters. The first-order valence-electron chi connectivity index (χ1n) is 8.73. The molecule has 1 atom stereocenters. The molecule has 1 aromatic carbocycles. The molecule has 2 aliphatic rings. The fraction of sp³-hybridized carbons (Fsp3) is 0.556. The summed E-state index contributed by atoms with van der Waals surface area (Å²) >= 11 is 7.78. The van der Waals surface area contributed by atoms with Crippen molar-refractivity contribution >= 4 is 35.2 Å². The summed E-state index contributed by atoms with van der Waals surface area (Å²) in [6, 6.07) is 7.66. The number of halogens is 1. The molecular weight excluding hydrogens is 358 g/mol. The fourth-order valence-corrected chi connectivity index (χ4v) is 4.26. The zero-order valence-corrected chi connectivity index (χ0v) is 15.8. The number of carbonyl (C=O) groups is 2. The Balaban J connectivity index is 1.43. The second-order valence-electron chi connectivity index (χ2n) is 6.49. The van der Waals surface area contributed by atoms with Crippen molar-refractivity contribution in [2.75, 3.05) is 44.2 Å². The molecule has 2 fully saturated rings. The van der Waals surface area contributed by atoms with Crippen molar-refractivity contribution < 1.29 is 9.59 Å². The Kier molecular flexibility index (Phi) is 6.62. The first-order valence-corrected chi connectivity index (χ1v) is 10.3. The van der Waals surface area contributed by atoms with E-state index in [9.17, 15) is 9.59 Å². The van der Waals surface area contributed by atoms with Crippen LogP contribution < -0.4 is 5.32 Å². The predicted molar refractivity (Wildman–Crippen MR) is 102 cm³/mol. The topological polar surface area (TPSA) is 52.7 Å². The summed E-state index contributed by atoms with van der Waals surface area (Å²) in [6.07, 6.45) is 0.944. The number of carbonyl (C=O) groups excluding carboxylic acids is 2. The average molecular weight is 382 g/mol. The molecule has 2 aliphatic heterocycles. The van der Waals surface area contributed by atoms with Gasteiger partial charge in [0.05, 0.1) is 6.42 Å². The number of hydrogen-bond acceptors (Lipinski definition) is 4. The Morgan fingerprint density at radius 2 is 1.72 bits per heavy atom. The standard InChI is InChI=1S/C18H24ClN3O2S/c19-15-3-1-14(2-4-15)11-17(23)21-6-8-22(9-7-21)18(24)12-16-13-25-10-5-20-16/h1-4,16,20H,5-13H2. The average Bonchev–Trinajstić information content (AvgIpc) is 2.64. The van der Waals surface area contributed by atoms with Crippen molar-refractivity contribution in [1.82, 2.24) is 15.1 Å². The Bertz CT molecular complexity index is 597. The SMILES string of the molecule is O=C(Cc1ccc(Cl)cc1)N1CCN(C(=O)CC2CSCCN2)CC1. The lowest BCUT2D eigenvalue weighted by atomic mass is 10.1. The van der Waals surface area contributed by atoms with Crippen LogP contribution in [-0.2, 0) is 16.0 Å². The van der Waals surface area contributed by atoms with Crippen molar-refractivity contribution in [2.45, 2.75) is 18.9 Å². The molecule has 0 aliphatic carbocycles. The quantitative estimate of drug-likeness (QED) is 0.861. The maximum absolute atomic E-state index is 12.4. The second kappa shape index (κ2) is 8.92. The van der Waals surface area contributed by atoms with Crippen LogP contribution in [0.15, 0.2) is 24.3 Å². The number of thioether (sulfide) groups is 1. The lowest BCUT2D eigenvalue weighted by Gasteiger charge is -2.36. The number of hydrogen-bond donors (Lipinski definition) is 1. The Hall–Kier alpha value is -1.24. The van der Waals surface area contributed by atoms with Crippen molar-refractivity contribution in [1.29, 1.82) is 0 Å². The van der Waals surface area contributed by atoms with Crippen molar-refractivity contribution in [3.05, 3.63) is 34.9 Å². The minimum absolute atomic E-state index is 0.111. The maximum atomic E-state index is 12.4. The maximum Gasteiger partial charge on any atom is 0.227 e. The number of amides is 2. The van der Waals surface area contributed by atoms with Crippen LogP contribution in [0.3, 0.4) is 0 Å². The van der Waals surface area contributed by atoms with Crippen molar-refractivity contribution in [3.8, 4) is 0 Å². The Morgan fingerprint density at radius 1 is 1.08 bits per heavy atom. The van der Waals surface area contributed by atoms with Gasteiger partial charge in [-0.15, -0.1) is 0 Å². The van der Waals surface area contributed by atoms with Gasteiger partial charge in [0.15, 0.2) is 0 Å². The zero-order chi connectivity index (χ0) is 17.6. The minimum atomic E-state index is 0.111. The van der Waals surface area contributed by atoms with Crippen LogP contribution in [0.5, 0.6) is 0 Å². The van der Waals surface area contributed by atoms with Gasteiger partial charge in [0.25, 0.3) is 0 Å². The summed E-state index contributed by atoms with van der Waals surface area (Å²) in [7, 11) is 0. The monoisotopic (exact) mass is 381 g/mol. The van der Waals surface area contributed by atoms with E-state index in [4.69, 9.17) is 11.6 Å². The van der Waals surface area contributed by atoms with Gasteiger partial charge in [-0.2, -0.15) is 11.8 Å². The smallest absolute Gasteiger partial charge is 0.227 e. The van der Waals surface area contributed by atoms with Crippen LogP contribution >= 0.6 is 23.4 Å². The molecule has 0 radical (unpaired) electrons. The minimum Gasteiger partial charge on any atom is -0.339 e. The largest absolute Gasteiger partial charge is 0.339 e. The van der Waals surface area contributed by atoms with Gasteiger partial charge >= 0.3 is 0 Å².